The van der Waals surface area contributed by atoms with Crippen LogP contribution in [0.15, 0.2) is 24.8 Å². The monoisotopic (exact) mass is 200 g/mol. The summed E-state index contributed by atoms with van der Waals surface area (Å²) >= 11 is 0. The van der Waals surface area contributed by atoms with E-state index in [0.29, 0.717) is 5.56 Å². The smallest absolute Gasteiger partial charge is 0.210 e. The van der Waals surface area contributed by atoms with E-state index < -0.39 is 18.2 Å². The van der Waals surface area contributed by atoms with Crippen molar-refractivity contribution in [2.75, 3.05) is 0 Å². The first-order valence-electron chi connectivity index (χ1n) is 4.26. The van der Waals surface area contributed by atoms with Gasteiger partial charge in [0.25, 0.3) is 0 Å². The Labute approximate surface area is 81.1 Å². The lowest BCUT2D eigenvalue weighted by molar-refractivity contribution is 0.119. The highest BCUT2D eigenvalue weighted by Crippen LogP contribution is 2.26. The molecule has 1 atom stereocenters. The van der Waals surface area contributed by atoms with Crippen LogP contribution in [0.4, 0.5) is 13.2 Å². The Morgan fingerprint density at radius 2 is 2.00 bits per heavy atom. The molecular formula is C11H11F3. The van der Waals surface area contributed by atoms with Gasteiger partial charge in [-0.1, -0.05) is 25.6 Å². The summed E-state index contributed by atoms with van der Waals surface area (Å²) in [7, 11) is 0. The van der Waals surface area contributed by atoms with E-state index in [1.165, 1.54) is 31.2 Å². The number of rotatable bonds is 3. The molecule has 0 saturated carbocycles. The third-order valence-electron chi connectivity index (χ3n) is 2.12. The van der Waals surface area contributed by atoms with Crippen LogP contribution >= 0.6 is 0 Å². The van der Waals surface area contributed by atoms with E-state index in [0.717, 1.165) is 0 Å². The number of hydrogen-bond donors (Lipinski definition) is 0. The van der Waals surface area contributed by atoms with Crippen molar-refractivity contribution in [2.24, 2.45) is 0 Å². The lowest BCUT2D eigenvalue weighted by atomic mass is 9.99. The highest BCUT2D eigenvalue weighted by Gasteiger charge is 2.20. The molecular weight excluding hydrogens is 189 g/mol. The summed E-state index contributed by atoms with van der Waals surface area (Å²) in [6.07, 6.45) is -1.05. The second-order valence-corrected chi connectivity index (χ2v) is 3.11. The third-order valence-corrected chi connectivity index (χ3v) is 2.12. The molecule has 0 nitrogen and oxygen atoms in total. The van der Waals surface area contributed by atoms with Gasteiger partial charge in [0.05, 0.1) is 0 Å². The summed E-state index contributed by atoms with van der Waals surface area (Å²) in [5.74, 6) is -1.68. The van der Waals surface area contributed by atoms with Crippen molar-refractivity contribution in [3.05, 3.63) is 41.7 Å². The molecule has 0 saturated heterocycles. The minimum atomic E-state index is -2.55. The van der Waals surface area contributed by atoms with Crippen molar-refractivity contribution in [1.82, 2.24) is 0 Å². The van der Waals surface area contributed by atoms with E-state index in [1.54, 1.807) is 0 Å². The Hall–Kier alpha value is -1.25. The SMILES string of the molecule is C=Cc1ccc(F)c([C@@H](C)C(F)F)c1. The van der Waals surface area contributed by atoms with Gasteiger partial charge in [0.1, 0.15) is 5.82 Å². The fourth-order valence-electron chi connectivity index (χ4n) is 1.17. The fraction of sp³-hybridized carbons (Fsp3) is 0.273. The van der Waals surface area contributed by atoms with Crippen molar-refractivity contribution in [3.63, 3.8) is 0 Å². The lowest BCUT2D eigenvalue weighted by Crippen LogP contribution is -2.07. The fourth-order valence-corrected chi connectivity index (χ4v) is 1.17. The molecule has 1 aromatic rings. The van der Waals surface area contributed by atoms with Gasteiger partial charge in [0.15, 0.2) is 0 Å². The van der Waals surface area contributed by atoms with Crippen LogP contribution in [0.25, 0.3) is 6.08 Å². The van der Waals surface area contributed by atoms with Gasteiger partial charge in [-0.2, -0.15) is 0 Å². The molecule has 0 amide bonds. The molecule has 3 heteroatoms. The predicted molar refractivity (Wildman–Crippen MR) is 50.9 cm³/mol. The summed E-state index contributed by atoms with van der Waals surface area (Å²) in [5.41, 5.74) is 0.686. The molecule has 0 heterocycles. The van der Waals surface area contributed by atoms with E-state index in [9.17, 15) is 13.2 Å². The van der Waals surface area contributed by atoms with Crippen molar-refractivity contribution >= 4 is 6.08 Å². The number of hydrogen-bond acceptors (Lipinski definition) is 0. The zero-order valence-electron chi connectivity index (χ0n) is 7.81. The van der Waals surface area contributed by atoms with Gasteiger partial charge >= 0.3 is 0 Å². The first-order chi connectivity index (χ1) is 6.56. The van der Waals surface area contributed by atoms with Crippen LogP contribution in [-0.4, -0.2) is 6.43 Å². The third kappa shape index (κ3) is 2.16. The average molecular weight is 200 g/mol. The van der Waals surface area contributed by atoms with Gasteiger partial charge in [-0.25, -0.2) is 13.2 Å². The van der Waals surface area contributed by atoms with Crippen LogP contribution in [0, 0.1) is 5.82 Å². The molecule has 0 spiro atoms. The Kier molecular flexibility index (Phi) is 3.33. The molecule has 0 radical (unpaired) electrons. The lowest BCUT2D eigenvalue weighted by Gasteiger charge is -2.12. The van der Waals surface area contributed by atoms with E-state index in [2.05, 4.69) is 6.58 Å². The maximum absolute atomic E-state index is 13.1. The van der Waals surface area contributed by atoms with Crippen LogP contribution in [0.5, 0.6) is 0 Å². The molecule has 0 unspecified atom stereocenters. The summed E-state index contributed by atoms with van der Waals surface area (Å²) in [6, 6.07) is 4.09. The molecule has 14 heavy (non-hydrogen) atoms. The number of alkyl halides is 2. The van der Waals surface area contributed by atoms with Gasteiger partial charge in [-0.05, 0) is 23.3 Å². The summed E-state index contributed by atoms with van der Waals surface area (Å²) in [6.45, 7) is 4.80. The molecule has 0 N–H and O–H groups in total. The first kappa shape index (κ1) is 10.8. The largest absolute Gasteiger partial charge is 0.245 e. The van der Waals surface area contributed by atoms with Crippen molar-refractivity contribution < 1.29 is 13.2 Å². The van der Waals surface area contributed by atoms with E-state index in [1.807, 2.05) is 0 Å². The molecule has 0 aliphatic heterocycles. The van der Waals surface area contributed by atoms with Crippen LogP contribution in [0.2, 0.25) is 0 Å². The van der Waals surface area contributed by atoms with Crippen LogP contribution in [-0.2, 0) is 0 Å². The van der Waals surface area contributed by atoms with Crippen molar-refractivity contribution in [2.45, 2.75) is 19.3 Å². The molecule has 1 rings (SSSR count). The molecule has 76 valence electrons. The maximum Gasteiger partial charge on any atom is 0.245 e. The van der Waals surface area contributed by atoms with Gasteiger partial charge in [0.2, 0.25) is 6.43 Å². The van der Waals surface area contributed by atoms with Gasteiger partial charge in [-0.3, -0.25) is 0 Å². The highest BCUT2D eigenvalue weighted by molar-refractivity contribution is 5.48. The maximum atomic E-state index is 13.1. The Morgan fingerprint density at radius 3 is 2.50 bits per heavy atom. The Balaban J connectivity index is 3.11. The number of benzene rings is 1. The normalized spacial score (nSPS) is 12.9. The molecule has 0 bridgehead atoms. The molecule has 0 fully saturated rings. The van der Waals surface area contributed by atoms with E-state index in [4.69, 9.17) is 0 Å². The number of halogens is 3. The summed E-state index contributed by atoms with van der Waals surface area (Å²) < 4.78 is 37.8. The standard InChI is InChI=1S/C11H11F3/c1-3-8-4-5-10(12)9(6-8)7(2)11(13)14/h3-7,11H,1H2,2H3/t7-/m1/s1. The van der Waals surface area contributed by atoms with E-state index in [-0.39, 0.29) is 5.56 Å². The zero-order valence-corrected chi connectivity index (χ0v) is 7.81. The second-order valence-electron chi connectivity index (χ2n) is 3.11. The second kappa shape index (κ2) is 4.31. The Morgan fingerprint density at radius 1 is 1.36 bits per heavy atom. The average Bonchev–Trinajstić information content (AvgIpc) is 2.17. The molecule has 0 aliphatic carbocycles. The molecule has 0 aliphatic rings. The van der Waals surface area contributed by atoms with Crippen LogP contribution in [0.1, 0.15) is 24.0 Å². The van der Waals surface area contributed by atoms with Crippen molar-refractivity contribution in [1.29, 1.82) is 0 Å². The van der Waals surface area contributed by atoms with Gasteiger partial charge in [-0.15, -0.1) is 0 Å². The van der Waals surface area contributed by atoms with E-state index >= 15 is 0 Å². The van der Waals surface area contributed by atoms with Gasteiger partial charge < -0.3 is 0 Å². The van der Waals surface area contributed by atoms with Gasteiger partial charge in [0, 0.05) is 5.92 Å². The first-order valence-corrected chi connectivity index (χ1v) is 4.26. The Bertz CT molecular complexity index is 331. The minimum absolute atomic E-state index is 0.0393. The quantitative estimate of drug-likeness (QED) is 0.695. The van der Waals surface area contributed by atoms with Crippen LogP contribution in [0.3, 0.4) is 0 Å². The molecule has 1 aromatic carbocycles. The summed E-state index contributed by atoms with van der Waals surface area (Å²) in [5, 5.41) is 0. The van der Waals surface area contributed by atoms with Crippen LogP contribution < -0.4 is 0 Å². The minimum Gasteiger partial charge on any atom is -0.210 e. The highest BCUT2D eigenvalue weighted by atomic mass is 19.3. The topological polar surface area (TPSA) is 0 Å². The predicted octanol–water partition coefficient (Wildman–Crippen LogP) is 3.84. The van der Waals surface area contributed by atoms with Crippen molar-refractivity contribution in [3.8, 4) is 0 Å². The zero-order chi connectivity index (χ0) is 10.7. The molecule has 0 aromatic heterocycles. The summed E-state index contributed by atoms with van der Waals surface area (Å²) in [4.78, 5) is 0.